The molecule has 0 aliphatic carbocycles. The first kappa shape index (κ1) is 27.8. The van der Waals surface area contributed by atoms with Crippen molar-refractivity contribution in [1.29, 1.82) is 0 Å². The van der Waals surface area contributed by atoms with E-state index in [1.54, 1.807) is 0 Å². The van der Waals surface area contributed by atoms with Gasteiger partial charge in [0.2, 0.25) is 17.7 Å². The molecule has 4 unspecified atom stereocenters. The van der Waals surface area contributed by atoms with E-state index in [-0.39, 0.29) is 44.2 Å². The highest BCUT2D eigenvalue weighted by Crippen LogP contribution is 2.20. The van der Waals surface area contributed by atoms with Gasteiger partial charge in [-0.3, -0.25) is 24.2 Å². The van der Waals surface area contributed by atoms with E-state index in [1.807, 2.05) is 0 Å². The number of hydrogen-bond acceptors (Lipinski definition) is 7. The molecule has 0 aromatic carbocycles. The van der Waals surface area contributed by atoms with E-state index in [0.29, 0.717) is 25.8 Å². The number of carboxylic acid groups (broad SMARTS) is 2. The van der Waals surface area contributed by atoms with Crippen LogP contribution in [0.25, 0.3) is 0 Å². The average molecular weight is 498 g/mol. The molecule has 2 aliphatic rings. The van der Waals surface area contributed by atoms with Crippen molar-refractivity contribution in [3.63, 3.8) is 0 Å². The van der Waals surface area contributed by atoms with Crippen LogP contribution in [0.3, 0.4) is 0 Å². The Balaban J connectivity index is 2.14. The molecule has 3 amide bonds. The lowest BCUT2D eigenvalue weighted by molar-refractivity contribution is -0.150. The third-order valence-electron chi connectivity index (χ3n) is 6.04. The smallest absolute Gasteiger partial charge is 0.326 e. The molecule has 2 heterocycles. The van der Waals surface area contributed by atoms with Crippen LogP contribution in [0.4, 0.5) is 0 Å². The van der Waals surface area contributed by atoms with Crippen LogP contribution < -0.4 is 27.4 Å². The topological polar surface area (TPSA) is 230 Å². The highest BCUT2D eigenvalue weighted by Gasteiger charge is 2.38. The highest BCUT2D eigenvalue weighted by molar-refractivity contribution is 5.94. The van der Waals surface area contributed by atoms with Gasteiger partial charge in [-0.25, -0.2) is 4.79 Å². The second-order valence-corrected chi connectivity index (χ2v) is 8.68. The molecule has 196 valence electrons. The summed E-state index contributed by atoms with van der Waals surface area (Å²) in [7, 11) is 0. The average Bonchev–Trinajstić information content (AvgIpc) is 3.50. The van der Waals surface area contributed by atoms with Crippen LogP contribution in [0.1, 0.15) is 51.4 Å². The van der Waals surface area contributed by atoms with Crippen molar-refractivity contribution in [3.05, 3.63) is 0 Å². The minimum atomic E-state index is -1.25. The number of nitrogens with two attached hydrogens (primary N) is 2. The molecule has 35 heavy (non-hydrogen) atoms. The Morgan fingerprint density at radius 2 is 1.77 bits per heavy atom. The first-order valence-electron chi connectivity index (χ1n) is 11.7. The predicted octanol–water partition coefficient (Wildman–Crippen LogP) is -2.30. The SMILES string of the molecule is NC(N)=NCCCC(NC(=O)C1CCCN1)C(=O)NC(CCC(=O)O)C(=O)N1CCCC1C(=O)O. The first-order valence-corrected chi connectivity index (χ1v) is 11.7. The maximum absolute atomic E-state index is 13.1. The van der Waals surface area contributed by atoms with E-state index in [9.17, 15) is 29.1 Å². The molecule has 0 bridgehead atoms. The summed E-state index contributed by atoms with van der Waals surface area (Å²) in [4.78, 5) is 66.6. The largest absolute Gasteiger partial charge is 0.481 e. The number of likely N-dealkylation sites (tertiary alicyclic amines) is 1. The lowest BCUT2D eigenvalue weighted by Gasteiger charge is -2.28. The van der Waals surface area contributed by atoms with E-state index >= 15 is 0 Å². The number of guanidine groups is 1. The van der Waals surface area contributed by atoms with Crippen LogP contribution in [0.2, 0.25) is 0 Å². The maximum Gasteiger partial charge on any atom is 0.326 e. The number of amides is 3. The van der Waals surface area contributed by atoms with Crippen LogP contribution in [0.15, 0.2) is 4.99 Å². The Morgan fingerprint density at radius 3 is 2.37 bits per heavy atom. The van der Waals surface area contributed by atoms with Crippen LogP contribution in [0.5, 0.6) is 0 Å². The number of aliphatic carboxylic acids is 2. The van der Waals surface area contributed by atoms with E-state index in [1.165, 1.54) is 0 Å². The quantitative estimate of drug-likeness (QED) is 0.0817. The van der Waals surface area contributed by atoms with Crippen molar-refractivity contribution >= 4 is 35.6 Å². The minimum Gasteiger partial charge on any atom is -0.481 e. The fraction of sp³-hybridized carbons (Fsp3) is 0.714. The van der Waals surface area contributed by atoms with Crippen molar-refractivity contribution in [1.82, 2.24) is 20.9 Å². The molecule has 0 spiro atoms. The number of carboxylic acids is 2. The normalized spacial score (nSPS) is 21.1. The maximum atomic E-state index is 13.1. The number of aliphatic imine (C=N–C) groups is 1. The Bertz CT molecular complexity index is 825. The summed E-state index contributed by atoms with van der Waals surface area (Å²) >= 11 is 0. The van der Waals surface area contributed by atoms with E-state index in [4.69, 9.17) is 16.6 Å². The lowest BCUT2D eigenvalue weighted by atomic mass is 10.1. The summed E-state index contributed by atoms with van der Waals surface area (Å²) in [6.07, 6.45) is 2.11. The second kappa shape index (κ2) is 13.5. The Hall–Kier alpha value is -3.42. The molecule has 9 N–H and O–H groups in total. The molecule has 2 fully saturated rings. The van der Waals surface area contributed by atoms with Crippen LogP contribution in [0, 0.1) is 0 Å². The van der Waals surface area contributed by atoms with Crippen molar-refractivity contribution in [2.75, 3.05) is 19.6 Å². The summed E-state index contributed by atoms with van der Waals surface area (Å²) in [5.74, 6) is -4.12. The molecular weight excluding hydrogens is 462 g/mol. The summed E-state index contributed by atoms with van der Waals surface area (Å²) in [6.45, 7) is 1.10. The number of hydrogen-bond donors (Lipinski definition) is 7. The zero-order valence-corrected chi connectivity index (χ0v) is 19.6. The predicted molar refractivity (Wildman–Crippen MR) is 124 cm³/mol. The summed E-state index contributed by atoms with van der Waals surface area (Å²) < 4.78 is 0. The van der Waals surface area contributed by atoms with Crippen molar-refractivity contribution in [3.8, 4) is 0 Å². The van der Waals surface area contributed by atoms with Gasteiger partial charge in [-0.15, -0.1) is 0 Å². The molecule has 14 nitrogen and oxygen atoms in total. The molecule has 0 aromatic heterocycles. The third kappa shape index (κ3) is 8.70. The lowest BCUT2D eigenvalue weighted by Crippen LogP contribution is -2.57. The Kier molecular flexibility index (Phi) is 10.7. The molecule has 2 rings (SSSR count). The number of nitrogens with zero attached hydrogens (tertiary/aromatic N) is 2. The molecule has 4 atom stereocenters. The zero-order chi connectivity index (χ0) is 26.0. The van der Waals surface area contributed by atoms with Gasteiger partial charge in [0.15, 0.2) is 5.96 Å². The van der Waals surface area contributed by atoms with Crippen LogP contribution in [-0.4, -0.2) is 94.5 Å². The van der Waals surface area contributed by atoms with E-state index < -0.39 is 54.3 Å². The van der Waals surface area contributed by atoms with Crippen molar-refractivity contribution < 1.29 is 34.2 Å². The summed E-state index contributed by atoms with van der Waals surface area (Å²) in [5.41, 5.74) is 10.6. The fourth-order valence-electron chi connectivity index (χ4n) is 4.24. The summed E-state index contributed by atoms with van der Waals surface area (Å²) in [5, 5.41) is 26.8. The van der Waals surface area contributed by atoms with Gasteiger partial charge in [-0.05, 0) is 51.5 Å². The molecule has 2 saturated heterocycles. The van der Waals surface area contributed by atoms with Crippen molar-refractivity contribution in [2.24, 2.45) is 16.5 Å². The van der Waals surface area contributed by atoms with Gasteiger partial charge >= 0.3 is 11.9 Å². The molecule has 14 heteroatoms. The second-order valence-electron chi connectivity index (χ2n) is 8.68. The minimum absolute atomic E-state index is 0.108. The number of rotatable bonds is 13. The van der Waals surface area contributed by atoms with Gasteiger partial charge in [0, 0.05) is 19.5 Å². The molecule has 0 radical (unpaired) electrons. The van der Waals surface area contributed by atoms with Gasteiger partial charge in [0.05, 0.1) is 6.04 Å². The number of carbonyl (C=O) groups excluding carboxylic acids is 3. The number of nitrogens with one attached hydrogen (secondary N) is 3. The summed E-state index contributed by atoms with van der Waals surface area (Å²) in [6, 6.07) is -3.74. The Labute approximate surface area is 202 Å². The molecule has 0 aromatic rings. The van der Waals surface area contributed by atoms with E-state index in [0.717, 1.165) is 11.3 Å². The monoisotopic (exact) mass is 497 g/mol. The molecule has 2 aliphatic heterocycles. The Morgan fingerprint density at radius 1 is 1.03 bits per heavy atom. The first-order chi connectivity index (χ1) is 16.6. The van der Waals surface area contributed by atoms with Crippen LogP contribution >= 0.6 is 0 Å². The molecular formula is C21H35N7O7. The zero-order valence-electron chi connectivity index (χ0n) is 19.6. The molecule has 0 saturated carbocycles. The van der Waals surface area contributed by atoms with Gasteiger partial charge in [-0.1, -0.05) is 0 Å². The van der Waals surface area contributed by atoms with Crippen LogP contribution in [-0.2, 0) is 24.0 Å². The van der Waals surface area contributed by atoms with Gasteiger partial charge in [0.1, 0.15) is 18.1 Å². The van der Waals surface area contributed by atoms with Gasteiger partial charge < -0.3 is 42.5 Å². The van der Waals surface area contributed by atoms with Gasteiger partial charge in [-0.2, -0.15) is 0 Å². The fourth-order valence-corrected chi connectivity index (χ4v) is 4.24. The van der Waals surface area contributed by atoms with Gasteiger partial charge in [0.25, 0.3) is 0 Å². The standard InChI is InChI=1S/C21H35N7O7/c22-21(23)25-10-2-5-13(26-17(31)12-4-1-9-24-12)18(32)27-14(7-8-16(29)30)19(33)28-11-3-6-15(28)20(34)35/h12-15,24H,1-11H2,(H,26,31)(H,27,32)(H,29,30)(H,34,35)(H4,22,23,25). The number of carbonyl (C=O) groups is 5. The highest BCUT2D eigenvalue weighted by atomic mass is 16.4. The van der Waals surface area contributed by atoms with E-state index in [2.05, 4.69) is 20.9 Å². The van der Waals surface area contributed by atoms with Crippen molar-refractivity contribution in [2.45, 2.75) is 75.5 Å². The third-order valence-corrected chi connectivity index (χ3v) is 6.04.